The van der Waals surface area contributed by atoms with Crippen molar-refractivity contribution in [2.45, 2.75) is 6.42 Å². The first-order chi connectivity index (χ1) is 15.2. The maximum Gasteiger partial charge on any atom is 0.165 e. The van der Waals surface area contributed by atoms with Crippen LogP contribution in [0.25, 0.3) is 10.9 Å². The molecule has 7 nitrogen and oxygen atoms in total. The van der Waals surface area contributed by atoms with Gasteiger partial charge >= 0.3 is 0 Å². The standard InChI is InChI=1S/C22H23ClFN3O4/c1-28-7-8-30-20-10-18-15(9-19(20)31-12-14-5-6-29-11-14)22(26-13-25-18)27-17-4-2-3-16(23)21(17)24/h2-4,9-10,13-14H,5-8,11-12H2,1H3,(H,25,26,27). The van der Waals surface area contributed by atoms with Crippen LogP contribution < -0.4 is 14.8 Å². The van der Waals surface area contributed by atoms with Gasteiger partial charge in [0, 0.05) is 31.1 Å². The van der Waals surface area contributed by atoms with Gasteiger partial charge < -0.3 is 24.3 Å². The molecule has 31 heavy (non-hydrogen) atoms. The lowest BCUT2D eigenvalue weighted by molar-refractivity contribution is 0.140. The summed E-state index contributed by atoms with van der Waals surface area (Å²) in [5.41, 5.74) is 0.849. The highest BCUT2D eigenvalue weighted by Gasteiger charge is 2.19. The van der Waals surface area contributed by atoms with Crippen molar-refractivity contribution in [1.82, 2.24) is 9.97 Å². The van der Waals surface area contributed by atoms with Crippen LogP contribution in [0.15, 0.2) is 36.7 Å². The van der Waals surface area contributed by atoms with Crippen molar-refractivity contribution in [2.75, 3.05) is 45.5 Å². The first kappa shape index (κ1) is 21.5. The van der Waals surface area contributed by atoms with Crippen molar-refractivity contribution in [1.29, 1.82) is 0 Å². The van der Waals surface area contributed by atoms with Crippen LogP contribution in [0.5, 0.6) is 11.5 Å². The first-order valence-corrected chi connectivity index (χ1v) is 10.4. The molecule has 0 spiro atoms. The number of rotatable bonds is 9. The number of nitrogens with one attached hydrogen (secondary N) is 1. The van der Waals surface area contributed by atoms with E-state index in [9.17, 15) is 4.39 Å². The molecule has 0 amide bonds. The molecule has 1 aliphatic heterocycles. The van der Waals surface area contributed by atoms with Crippen molar-refractivity contribution in [3.8, 4) is 11.5 Å². The zero-order valence-corrected chi connectivity index (χ0v) is 17.8. The predicted molar refractivity (Wildman–Crippen MR) is 116 cm³/mol. The lowest BCUT2D eigenvalue weighted by atomic mass is 10.1. The molecule has 1 saturated heterocycles. The molecular formula is C22H23ClFN3O4. The summed E-state index contributed by atoms with van der Waals surface area (Å²) in [5, 5.41) is 3.70. The van der Waals surface area contributed by atoms with Crippen LogP contribution in [-0.2, 0) is 9.47 Å². The Balaban J connectivity index is 1.67. The van der Waals surface area contributed by atoms with Crippen LogP contribution in [0.1, 0.15) is 6.42 Å². The molecule has 1 atom stereocenters. The monoisotopic (exact) mass is 447 g/mol. The van der Waals surface area contributed by atoms with Crippen LogP contribution >= 0.6 is 11.6 Å². The molecule has 1 aromatic heterocycles. The molecule has 1 N–H and O–H groups in total. The number of hydrogen-bond acceptors (Lipinski definition) is 7. The Labute approximate surface area is 184 Å². The van der Waals surface area contributed by atoms with Gasteiger partial charge in [0.05, 0.1) is 36.0 Å². The van der Waals surface area contributed by atoms with Gasteiger partial charge in [-0.2, -0.15) is 0 Å². The molecular weight excluding hydrogens is 425 g/mol. The van der Waals surface area contributed by atoms with E-state index in [1.54, 1.807) is 31.4 Å². The average molecular weight is 448 g/mol. The molecule has 1 fully saturated rings. The van der Waals surface area contributed by atoms with E-state index in [1.165, 1.54) is 12.4 Å². The Kier molecular flexibility index (Phi) is 7.01. The first-order valence-electron chi connectivity index (χ1n) is 9.97. The fraction of sp³-hybridized carbons (Fsp3) is 0.364. The summed E-state index contributed by atoms with van der Waals surface area (Å²) in [6.45, 7) is 2.74. The number of fused-ring (bicyclic) bond motifs is 1. The van der Waals surface area contributed by atoms with Gasteiger partial charge in [-0.05, 0) is 24.6 Å². The summed E-state index contributed by atoms with van der Waals surface area (Å²) in [6, 6.07) is 8.33. The Hall–Kier alpha value is -2.68. The van der Waals surface area contributed by atoms with E-state index in [-0.39, 0.29) is 10.7 Å². The van der Waals surface area contributed by atoms with E-state index in [0.717, 1.165) is 13.0 Å². The van der Waals surface area contributed by atoms with Crippen LogP contribution in [0.3, 0.4) is 0 Å². The number of nitrogens with zero attached hydrogens (tertiary/aromatic N) is 2. The topological polar surface area (TPSA) is 74.7 Å². The largest absolute Gasteiger partial charge is 0.489 e. The Morgan fingerprint density at radius 1 is 1.19 bits per heavy atom. The number of halogens is 2. The quantitative estimate of drug-likeness (QED) is 0.480. The Morgan fingerprint density at radius 2 is 2.06 bits per heavy atom. The third-order valence-corrected chi connectivity index (χ3v) is 5.24. The number of anilines is 2. The zero-order chi connectivity index (χ0) is 21.6. The molecule has 164 valence electrons. The van der Waals surface area contributed by atoms with Crippen LogP contribution in [0, 0.1) is 11.7 Å². The van der Waals surface area contributed by atoms with Gasteiger partial charge in [-0.25, -0.2) is 14.4 Å². The molecule has 9 heteroatoms. The second kappa shape index (κ2) is 10.1. The highest BCUT2D eigenvalue weighted by atomic mass is 35.5. The van der Waals surface area contributed by atoms with Crippen molar-refractivity contribution in [2.24, 2.45) is 5.92 Å². The molecule has 0 bridgehead atoms. The molecule has 0 radical (unpaired) electrons. The van der Waals surface area contributed by atoms with Crippen LogP contribution in [0.4, 0.5) is 15.9 Å². The Morgan fingerprint density at radius 3 is 2.87 bits per heavy atom. The molecule has 4 rings (SSSR count). The molecule has 3 aromatic rings. The third kappa shape index (κ3) is 5.15. The summed E-state index contributed by atoms with van der Waals surface area (Å²) in [5.74, 6) is 1.33. The van der Waals surface area contributed by atoms with Crippen molar-refractivity contribution in [3.05, 3.63) is 47.5 Å². The van der Waals surface area contributed by atoms with E-state index < -0.39 is 5.82 Å². The zero-order valence-electron chi connectivity index (χ0n) is 17.1. The summed E-state index contributed by atoms with van der Waals surface area (Å²) >= 11 is 5.90. The predicted octanol–water partition coefficient (Wildman–Crippen LogP) is 4.61. The van der Waals surface area contributed by atoms with Crippen molar-refractivity contribution < 1.29 is 23.3 Å². The second-order valence-electron chi connectivity index (χ2n) is 7.15. The minimum Gasteiger partial charge on any atom is -0.489 e. The molecule has 1 unspecified atom stereocenters. The minimum absolute atomic E-state index is 0.0278. The normalized spacial score (nSPS) is 15.9. The van der Waals surface area contributed by atoms with E-state index in [0.29, 0.717) is 60.6 Å². The van der Waals surface area contributed by atoms with E-state index in [4.69, 9.17) is 30.5 Å². The van der Waals surface area contributed by atoms with Gasteiger partial charge in [-0.15, -0.1) is 0 Å². The van der Waals surface area contributed by atoms with Gasteiger partial charge in [0.15, 0.2) is 17.3 Å². The molecule has 0 saturated carbocycles. The number of benzene rings is 2. The van der Waals surface area contributed by atoms with Crippen molar-refractivity contribution >= 4 is 34.0 Å². The highest BCUT2D eigenvalue weighted by Crippen LogP contribution is 2.36. The summed E-state index contributed by atoms with van der Waals surface area (Å²) in [4.78, 5) is 8.62. The van der Waals surface area contributed by atoms with Gasteiger partial charge in [0.2, 0.25) is 0 Å². The van der Waals surface area contributed by atoms with Crippen LogP contribution in [-0.4, -0.2) is 50.1 Å². The smallest absolute Gasteiger partial charge is 0.165 e. The van der Waals surface area contributed by atoms with Gasteiger partial charge in [-0.3, -0.25) is 0 Å². The fourth-order valence-electron chi connectivity index (χ4n) is 3.27. The Bertz CT molecular complexity index is 1050. The van der Waals surface area contributed by atoms with Gasteiger partial charge in [0.1, 0.15) is 18.8 Å². The van der Waals surface area contributed by atoms with Gasteiger partial charge in [-0.1, -0.05) is 17.7 Å². The molecule has 0 aliphatic carbocycles. The van der Waals surface area contributed by atoms with Crippen molar-refractivity contribution in [3.63, 3.8) is 0 Å². The number of aromatic nitrogens is 2. The number of ether oxygens (including phenoxy) is 4. The third-order valence-electron chi connectivity index (χ3n) is 4.95. The maximum absolute atomic E-state index is 14.4. The van der Waals surface area contributed by atoms with E-state index in [1.807, 2.05) is 0 Å². The summed E-state index contributed by atoms with van der Waals surface area (Å²) < 4.78 is 36.8. The fourth-order valence-corrected chi connectivity index (χ4v) is 3.45. The minimum atomic E-state index is -0.548. The number of methoxy groups -OCH3 is 1. The SMILES string of the molecule is COCCOc1cc2ncnc(Nc3cccc(Cl)c3F)c2cc1OCC1CCOC1. The summed E-state index contributed by atoms with van der Waals surface area (Å²) in [7, 11) is 1.61. The molecule has 2 aromatic carbocycles. The molecule has 1 aliphatic rings. The lowest BCUT2D eigenvalue weighted by Crippen LogP contribution is -2.13. The van der Waals surface area contributed by atoms with Gasteiger partial charge in [0.25, 0.3) is 0 Å². The lowest BCUT2D eigenvalue weighted by Gasteiger charge is -2.17. The van der Waals surface area contributed by atoms with Crippen LogP contribution in [0.2, 0.25) is 5.02 Å². The van der Waals surface area contributed by atoms with E-state index >= 15 is 0 Å². The second-order valence-corrected chi connectivity index (χ2v) is 7.55. The maximum atomic E-state index is 14.4. The van der Waals surface area contributed by atoms with E-state index in [2.05, 4.69) is 15.3 Å². The molecule has 2 heterocycles. The summed E-state index contributed by atoms with van der Waals surface area (Å²) in [6.07, 6.45) is 2.36. The highest BCUT2D eigenvalue weighted by molar-refractivity contribution is 6.31. The average Bonchev–Trinajstić information content (AvgIpc) is 3.29. The number of hydrogen-bond donors (Lipinski definition) is 1.